The number of ketones is 1. The highest BCUT2D eigenvalue weighted by atomic mass is 35.5. The van der Waals surface area contributed by atoms with Gasteiger partial charge in [0.1, 0.15) is 18.1 Å². The van der Waals surface area contributed by atoms with Crippen LogP contribution in [0.5, 0.6) is 23.0 Å². The van der Waals surface area contributed by atoms with Crippen molar-refractivity contribution in [2.24, 2.45) is 0 Å². The Balaban J connectivity index is 1.55. The molecule has 1 amide bonds. The van der Waals surface area contributed by atoms with Gasteiger partial charge in [-0.2, -0.15) is 0 Å². The number of halogens is 1. The molecule has 0 N–H and O–H groups in total. The lowest BCUT2D eigenvalue weighted by atomic mass is 9.91. The largest absolute Gasteiger partial charge is 0.497 e. The molecule has 0 saturated heterocycles. The molecule has 0 radical (unpaired) electrons. The number of fused-ring (bicyclic) bond motifs is 1. The monoisotopic (exact) mass is 523 g/mol. The summed E-state index contributed by atoms with van der Waals surface area (Å²) in [5.41, 5.74) is 2.55. The Morgan fingerprint density at radius 1 is 0.865 bits per heavy atom. The molecule has 0 spiro atoms. The number of benzene rings is 3. The first-order valence-corrected chi connectivity index (χ1v) is 12.4. The predicted octanol–water partition coefficient (Wildman–Crippen LogP) is 5.53. The first-order valence-electron chi connectivity index (χ1n) is 12.0. The molecule has 8 heteroatoms. The molecule has 37 heavy (non-hydrogen) atoms. The zero-order valence-electron chi connectivity index (χ0n) is 21.2. The smallest absolute Gasteiger partial charge is 0.223 e. The van der Waals surface area contributed by atoms with Gasteiger partial charge in [-0.15, -0.1) is 0 Å². The van der Waals surface area contributed by atoms with Crippen LogP contribution in [0.15, 0.2) is 60.7 Å². The molecular formula is C29H30ClNO6. The molecule has 1 aliphatic heterocycles. The minimum atomic E-state index is -0.358. The Morgan fingerprint density at radius 3 is 2.16 bits per heavy atom. The van der Waals surface area contributed by atoms with Crippen molar-refractivity contribution >= 4 is 23.3 Å². The van der Waals surface area contributed by atoms with Crippen molar-refractivity contribution in [1.82, 2.24) is 4.90 Å². The number of methoxy groups -OCH3 is 3. The summed E-state index contributed by atoms with van der Waals surface area (Å²) in [6, 6.07) is 17.5. The van der Waals surface area contributed by atoms with Crippen LogP contribution in [-0.4, -0.2) is 51.1 Å². The van der Waals surface area contributed by atoms with E-state index in [1.165, 1.54) is 0 Å². The lowest BCUT2D eigenvalue weighted by molar-refractivity contribution is -0.134. The van der Waals surface area contributed by atoms with Gasteiger partial charge < -0.3 is 23.8 Å². The summed E-state index contributed by atoms with van der Waals surface area (Å²) < 4.78 is 22.4. The molecule has 1 heterocycles. The van der Waals surface area contributed by atoms with Crippen LogP contribution in [0.2, 0.25) is 5.02 Å². The van der Waals surface area contributed by atoms with Crippen LogP contribution in [0.4, 0.5) is 0 Å². The number of Topliss-reactive ketones (excluding diaryl/α,β-unsaturated/α-hetero) is 1. The topological polar surface area (TPSA) is 74.3 Å². The van der Waals surface area contributed by atoms with Gasteiger partial charge in [-0.25, -0.2) is 0 Å². The van der Waals surface area contributed by atoms with Gasteiger partial charge >= 0.3 is 0 Å². The lowest BCUT2D eigenvalue weighted by Gasteiger charge is -2.37. The molecule has 3 aromatic rings. The van der Waals surface area contributed by atoms with Crippen LogP contribution in [-0.2, 0) is 11.2 Å². The van der Waals surface area contributed by atoms with E-state index in [1.807, 2.05) is 36.4 Å². The van der Waals surface area contributed by atoms with Crippen molar-refractivity contribution in [2.75, 3.05) is 34.5 Å². The number of amides is 1. The second-order valence-corrected chi connectivity index (χ2v) is 9.11. The second-order valence-electron chi connectivity index (χ2n) is 8.68. The van der Waals surface area contributed by atoms with Gasteiger partial charge in [-0.05, 0) is 78.2 Å². The molecule has 1 unspecified atom stereocenters. The van der Waals surface area contributed by atoms with Crippen molar-refractivity contribution in [1.29, 1.82) is 0 Å². The van der Waals surface area contributed by atoms with Crippen LogP contribution in [0, 0.1) is 0 Å². The summed E-state index contributed by atoms with van der Waals surface area (Å²) in [7, 11) is 4.80. The maximum atomic E-state index is 13.4. The van der Waals surface area contributed by atoms with Gasteiger partial charge in [0.25, 0.3) is 0 Å². The fourth-order valence-corrected chi connectivity index (χ4v) is 4.62. The average Bonchev–Trinajstić information content (AvgIpc) is 2.94. The van der Waals surface area contributed by atoms with Crippen LogP contribution in [0.25, 0.3) is 0 Å². The number of hydrogen-bond acceptors (Lipinski definition) is 6. The third-order valence-corrected chi connectivity index (χ3v) is 6.77. The first kappa shape index (κ1) is 26.4. The normalized spacial score (nSPS) is 14.5. The fraction of sp³-hybridized carbons (Fsp3) is 0.310. The SMILES string of the molecule is COc1ccc(OCC2c3cc(OC)c(OC)cc3CCN2C(=O)CCC(=O)c2ccc(Cl)cc2)cc1. The van der Waals surface area contributed by atoms with E-state index in [0.717, 1.165) is 16.9 Å². The van der Waals surface area contributed by atoms with Crippen molar-refractivity contribution < 1.29 is 28.5 Å². The summed E-state index contributed by atoms with van der Waals surface area (Å²) >= 11 is 5.93. The lowest BCUT2D eigenvalue weighted by Crippen LogP contribution is -2.42. The van der Waals surface area contributed by atoms with E-state index < -0.39 is 0 Å². The molecule has 0 fully saturated rings. The van der Waals surface area contributed by atoms with Crippen molar-refractivity contribution in [3.8, 4) is 23.0 Å². The Kier molecular flexibility index (Phi) is 8.56. The summed E-state index contributed by atoms with van der Waals surface area (Å²) in [5, 5.41) is 0.561. The van der Waals surface area contributed by atoms with E-state index in [4.69, 9.17) is 30.5 Å². The van der Waals surface area contributed by atoms with Gasteiger partial charge in [0, 0.05) is 30.0 Å². The van der Waals surface area contributed by atoms with E-state index in [-0.39, 0.29) is 37.2 Å². The number of carbonyl (C=O) groups excluding carboxylic acids is 2. The van der Waals surface area contributed by atoms with Crippen molar-refractivity contribution in [3.63, 3.8) is 0 Å². The molecule has 1 atom stereocenters. The van der Waals surface area contributed by atoms with Crippen molar-refractivity contribution in [3.05, 3.63) is 82.4 Å². The third kappa shape index (κ3) is 6.17. The molecule has 7 nitrogen and oxygen atoms in total. The number of hydrogen-bond donors (Lipinski definition) is 0. The van der Waals surface area contributed by atoms with Crippen LogP contribution in [0.1, 0.15) is 40.4 Å². The molecular weight excluding hydrogens is 494 g/mol. The second kappa shape index (κ2) is 12.0. The highest BCUT2D eigenvalue weighted by Gasteiger charge is 2.33. The van der Waals surface area contributed by atoms with Crippen LogP contribution < -0.4 is 18.9 Å². The summed E-state index contributed by atoms with van der Waals surface area (Å²) in [5.74, 6) is 2.42. The van der Waals surface area contributed by atoms with Crippen molar-refractivity contribution in [2.45, 2.75) is 25.3 Å². The molecule has 0 aliphatic carbocycles. The minimum absolute atomic E-state index is 0.0973. The number of nitrogens with zero attached hydrogens (tertiary/aromatic N) is 1. The minimum Gasteiger partial charge on any atom is -0.497 e. The predicted molar refractivity (Wildman–Crippen MR) is 141 cm³/mol. The van der Waals surface area contributed by atoms with E-state index >= 15 is 0 Å². The number of rotatable bonds is 10. The summed E-state index contributed by atoms with van der Waals surface area (Å²) in [6.07, 6.45) is 0.872. The third-order valence-electron chi connectivity index (χ3n) is 6.52. The number of ether oxygens (including phenoxy) is 4. The van der Waals surface area contributed by atoms with Gasteiger partial charge in [0.05, 0.1) is 27.4 Å². The van der Waals surface area contributed by atoms with Crippen LogP contribution >= 0.6 is 11.6 Å². The van der Waals surface area contributed by atoms with E-state index in [2.05, 4.69) is 0 Å². The Labute approximate surface area is 221 Å². The van der Waals surface area contributed by atoms with Gasteiger partial charge in [-0.3, -0.25) is 9.59 Å². The van der Waals surface area contributed by atoms with Gasteiger partial charge in [0.15, 0.2) is 17.3 Å². The molecule has 0 bridgehead atoms. The summed E-state index contributed by atoms with van der Waals surface area (Å²) in [6.45, 7) is 0.749. The number of carbonyl (C=O) groups is 2. The Hall–Kier alpha value is -3.71. The van der Waals surface area contributed by atoms with Gasteiger partial charge in [-0.1, -0.05) is 11.6 Å². The Morgan fingerprint density at radius 2 is 1.51 bits per heavy atom. The molecule has 0 aromatic heterocycles. The quantitative estimate of drug-likeness (QED) is 0.325. The standard InChI is InChI=1S/C29H30ClNO6/c1-34-22-8-10-23(11-9-22)37-18-25-24-17-28(36-3)27(35-2)16-20(24)14-15-31(25)29(33)13-12-26(32)19-4-6-21(30)7-5-19/h4-11,16-17,25H,12-15,18H2,1-3H3. The zero-order valence-corrected chi connectivity index (χ0v) is 21.9. The molecule has 194 valence electrons. The maximum Gasteiger partial charge on any atom is 0.223 e. The molecule has 4 rings (SSSR count). The average molecular weight is 524 g/mol. The van der Waals surface area contributed by atoms with E-state index in [9.17, 15) is 9.59 Å². The highest BCUT2D eigenvalue weighted by Crippen LogP contribution is 2.39. The maximum absolute atomic E-state index is 13.4. The van der Waals surface area contributed by atoms with Gasteiger partial charge in [0.2, 0.25) is 5.91 Å². The van der Waals surface area contributed by atoms with Crippen LogP contribution in [0.3, 0.4) is 0 Å². The first-order chi connectivity index (χ1) is 17.9. The molecule has 1 aliphatic rings. The molecule has 0 saturated carbocycles. The van der Waals surface area contributed by atoms with E-state index in [0.29, 0.717) is 40.8 Å². The van der Waals surface area contributed by atoms with E-state index in [1.54, 1.807) is 50.5 Å². The molecule has 3 aromatic carbocycles. The highest BCUT2D eigenvalue weighted by molar-refractivity contribution is 6.30. The fourth-order valence-electron chi connectivity index (χ4n) is 4.50. The Bertz CT molecular complexity index is 1240. The zero-order chi connectivity index (χ0) is 26.4. The summed E-state index contributed by atoms with van der Waals surface area (Å²) in [4.78, 5) is 27.9.